The standard InChI is InChI=1S/C6H14N2/c1-4-5-6(2)8-7-3/h7H,4-5H2,1-3H3. The summed E-state index contributed by atoms with van der Waals surface area (Å²) in [5.74, 6) is 0. The van der Waals surface area contributed by atoms with Crippen molar-refractivity contribution in [3.8, 4) is 0 Å². The summed E-state index contributed by atoms with van der Waals surface area (Å²) in [6.07, 6.45) is 2.28. The van der Waals surface area contributed by atoms with Gasteiger partial charge in [0, 0.05) is 12.8 Å². The van der Waals surface area contributed by atoms with Crippen LogP contribution in [0.4, 0.5) is 0 Å². The summed E-state index contributed by atoms with van der Waals surface area (Å²) in [6.45, 7) is 4.18. The van der Waals surface area contributed by atoms with E-state index in [1.165, 1.54) is 12.1 Å². The Morgan fingerprint density at radius 2 is 2.25 bits per heavy atom. The molecule has 0 radical (unpaired) electrons. The third kappa shape index (κ3) is 3.65. The fourth-order valence-electron chi connectivity index (χ4n) is 0.609. The van der Waals surface area contributed by atoms with E-state index >= 15 is 0 Å². The second-order valence-corrected chi connectivity index (χ2v) is 1.82. The first-order valence-corrected chi connectivity index (χ1v) is 3.01. The van der Waals surface area contributed by atoms with Crippen LogP contribution in [-0.2, 0) is 0 Å². The van der Waals surface area contributed by atoms with Gasteiger partial charge in [-0.2, -0.15) is 5.10 Å². The Kier molecular flexibility index (Phi) is 4.32. The Morgan fingerprint density at radius 3 is 2.62 bits per heavy atom. The van der Waals surface area contributed by atoms with Crippen LogP contribution in [0, 0.1) is 0 Å². The van der Waals surface area contributed by atoms with Crippen molar-refractivity contribution in [2.75, 3.05) is 7.05 Å². The second-order valence-electron chi connectivity index (χ2n) is 1.82. The largest absolute Gasteiger partial charge is 0.313 e. The fourth-order valence-corrected chi connectivity index (χ4v) is 0.609. The lowest BCUT2D eigenvalue weighted by molar-refractivity contribution is 0.874. The van der Waals surface area contributed by atoms with Gasteiger partial charge >= 0.3 is 0 Å². The highest BCUT2D eigenvalue weighted by molar-refractivity contribution is 5.81. The van der Waals surface area contributed by atoms with Crippen LogP contribution in [0.3, 0.4) is 0 Å². The maximum absolute atomic E-state index is 3.98. The van der Waals surface area contributed by atoms with Crippen molar-refractivity contribution in [3.63, 3.8) is 0 Å². The molecule has 0 heterocycles. The molecule has 0 unspecified atom stereocenters. The van der Waals surface area contributed by atoms with E-state index in [1.807, 2.05) is 14.0 Å². The van der Waals surface area contributed by atoms with Crippen molar-refractivity contribution in [3.05, 3.63) is 0 Å². The number of hydrazone groups is 1. The molecule has 0 aliphatic carbocycles. The molecule has 48 valence electrons. The maximum Gasteiger partial charge on any atom is 0.0347 e. The van der Waals surface area contributed by atoms with Gasteiger partial charge in [-0.25, -0.2) is 0 Å². The summed E-state index contributed by atoms with van der Waals surface area (Å²) in [5, 5.41) is 3.98. The van der Waals surface area contributed by atoms with Gasteiger partial charge in [-0.15, -0.1) is 0 Å². The van der Waals surface area contributed by atoms with Crippen LogP contribution >= 0.6 is 0 Å². The average molecular weight is 114 g/mol. The summed E-state index contributed by atoms with van der Waals surface area (Å²) in [4.78, 5) is 0. The summed E-state index contributed by atoms with van der Waals surface area (Å²) < 4.78 is 0. The molecule has 0 aliphatic heterocycles. The van der Waals surface area contributed by atoms with Gasteiger partial charge in [-0.3, -0.25) is 0 Å². The topological polar surface area (TPSA) is 24.4 Å². The van der Waals surface area contributed by atoms with Gasteiger partial charge in [0.25, 0.3) is 0 Å². The molecule has 1 N–H and O–H groups in total. The monoisotopic (exact) mass is 114 g/mol. The molecule has 0 atom stereocenters. The molecule has 0 saturated carbocycles. The third-order valence-electron chi connectivity index (χ3n) is 0.914. The van der Waals surface area contributed by atoms with Gasteiger partial charge in [-0.05, 0) is 13.3 Å². The highest BCUT2D eigenvalue weighted by Crippen LogP contribution is 1.88. The van der Waals surface area contributed by atoms with Crippen molar-refractivity contribution in [1.29, 1.82) is 0 Å². The first-order chi connectivity index (χ1) is 3.81. The molecule has 0 aliphatic rings. The van der Waals surface area contributed by atoms with Crippen LogP contribution < -0.4 is 5.43 Å². The lowest BCUT2D eigenvalue weighted by Crippen LogP contribution is -2.00. The zero-order valence-corrected chi connectivity index (χ0v) is 5.86. The molecule has 0 bridgehead atoms. The van der Waals surface area contributed by atoms with Crippen LogP contribution in [0.25, 0.3) is 0 Å². The Labute approximate surface area is 51.0 Å². The molecule has 2 nitrogen and oxygen atoms in total. The zero-order valence-electron chi connectivity index (χ0n) is 5.86. The number of hydrogen-bond donors (Lipinski definition) is 1. The number of nitrogens with one attached hydrogen (secondary N) is 1. The summed E-state index contributed by atoms with van der Waals surface area (Å²) in [7, 11) is 1.82. The van der Waals surface area contributed by atoms with Gasteiger partial charge in [0.2, 0.25) is 0 Å². The van der Waals surface area contributed by atoms with E-state index in [9.17, 15) is 0 Å². The van der Waals surface area contributed by atoms with Crippen LogP contribution in [0.15, 0.2) is 5.10 Å². The minimum atomic E-state index is 1.10. The van der Waals surface area contributed by atoms with E-state index in [1.54, 1.807) is 0 Å². The fraction of sp³-hybridized carbons (Fsp3) is 0.833. The first kappa shape index (κ1) is 7.47. The van der Waals surface area contributed by atoms with E-state index in [4.69, 9.17) is 0 Å². The van der Waals surface area contributed by atoms with Crippen LogP contribution in [0.2, 0.25) is 0 Å². The molecule has 0 aromatic carbocycles. The van der Waals surface area contributed by atoms with Gasteiger partial charge in [0.05, 0.1) is 0 Å². The van der Waals surface area contributed by atoms with Crippen LogP contribution in [0.1, 0.15) is 26.7 Å². The van der Waals surface area contributed by atoms with Crippen molar-refractivity contribution in [2.45, 2.75) is 26.7 Å². The summed E-state index contributed by atoms with van der Waals surface area (Å²) in [5.41, 5.74) is 3.92. The Balaban J connectivity index is 3.29. The lowest BCUT2D eigenvalue weighted by Gasteiger charge is -1.93. The summed E-state index contributed by atoms with van der Waals surface area (Å²) >= 11 is 0. The number of rotatable bonds is 3. The highest BCUT2D eigenvalue weighted by atomic mass is 15.3. The number of nitrogens with zero attached hydrogens (tertiary/aromatic N) is 1. The molecule has 0 spiro atoms. The Bertz CT molecular complexity index is 76.6. The minimum absolute atomic E-state index is 1.10. The Hall–Kier alpha value is -0.530. The lowest BCUT2D eigenvalue weighted by atomic mass is 10.2. The predicted octanol–water partition coefficient (Wildman–Crippen LogP) is 1.38. The first-order valence-electron chi connectivity index (χ1n) is 3.01. The van der Waals surface area contributed by atoms with Crippen molar-refractivity contribution < 1.29 is 0 Å². The highest BCUT2D eigenvalue weighted by Gasteiger charge is 1.84. The van der Waals surface area contributed by atoms with Gasteiger partial charge in [0.15, 0.2) is 0 Å². The second kappa shape index (κ2) is 4.62. The third-order valence-corrected chi connectivity index (χ3v) is 0.914. The molecule has 2 heteroatoms. The molecular weight excluding hydrogens is 100 g/mol. The predicted molar refractivity (Wildman–Crippen MR) is 37.1 cm³/mol. The normalized spacial score (nSPS) is 11.6. The van der Waals surface area contributed by atoms with Gasteiger partial charge in [-0.1, -0.05) is 13.3 Å². The molecule has 0 amide bonds. The molecular formula is C6H14N2. The van der Waals surface area contributed by atoms with E-state index in [-0.39, 0.29) is 0 Å². The zero-order chi connectivity index (χ0) is 6.41. The van der Waals surface area contributed by atoms with Gasteiger partial charge in [0.1, 0.15) is 0 Å². The van der Waals surface area contributed by atoms with E-state index < -0.39 is 0 Å². The number of hydrogen-bond acceptors (Lipinski definition) is 2. The van der Waals surface area contributed by atoms with Crippen molar-refractivity contribution in [1.82, 2.24) is 5.43 Å². The smallest absolute Gasteiger partial charge is 0.0347 e. The Morgan fingerprint density at radius 1 is 1.62 bits per heavy atom. The van der Waals surface area contributed by atoms with Crippen molar-refractivity contribution >= 4 is 5.71 Å². The summed E-state index contributed by atoms with van der Waals surface area (Å²) in [6, 6.07) is 0. The molecule has 0 aromatic rings. The molecule has 8 heavy (non-hydrogen) atoms. The van der Waals surface area contributed by atoms with E-state index in [0.717, 1.165) is 6.42 Å². The molecule has 0 rings (SSSR count). The van der Waals surface area contributed by atoms with E-state index in [0.29, 0.717) is 0 Å². The average Bonchev–Trinajstić information content (AvgIpc) is 1.68. The quantitative estimate of drug-likeness (QED) is 0.435. The SMILES string of the molecule is CCCC(C)=NNC. The van der Waals surface area contributed by atoms with Crippen molar-refractivity contribution in [2.24, 2.45) is 5.10 Å². The molecule has 0 fully saturated rings. The van der Waals surface area contributed by atoms with Crippen LogP contribution in [-0.4, -0.2) is 12.8 Å². The maximum atomic E-state index is 3.98. The minimum Gasteiger partial charge on any atom is -0.313 e. The van der Waals surface area contributed by atoms with Gasteiger partial charge < -0.3 is 5.43 Å². The molecule has 0 aromatic heterocycles. The van der Waals surface area contributed by atoms with E-state index in [2.05, 4.69) is 17.5 Å². The molecule has 0 saturated heterocycles. The van der Waals surface area contributed by atoms with Crippen LogP contribution in [0.5, 0.6) is 0 Å².